The quantitative estimate of drug-likeness (QED) is 0.187. The molecule has 0 aromatic rings. The summed E-state index contributed by atoms with van der Waals surface area (Å²) in [5.41, 5.74) is 4.62. The molecule has 0 bridgehead atoms. The maximum absolute atomic E-state index is 12.8. The number of rotatable bonds is 9. The van der Waals surface area contributed by atoms with Crippen LogP contribution in [-0.4, -0.2) is 11.9 Å². The Hall–Kier alpha value is -1.58. The molecule has 0 aromatic heterocycles. The molecule has 0 aliphatic heterocycles. The highest BCUT2D eigenvalue weighted by molar-refractivity contribution is 5.87. The van der Waals surface area contributed by atoms with E-state index >= 15 is 0 Å². The van der Waals surface area contributed by atoms with E-state index in [1.54, 1.807) is 5.57 Å². The topological polar surface area (TPSA) is 55.4 Å². The third-order valence-electron chi connectivity index (χ3n) is 12.1. The summed E-state index contributed by atoms with van der Waals surface area (Å²) in [7, 11) is 0. The SMILES string of the molecule is C=CC(=O)NOC(=O)C(CC)C1CC[C@@]2(C)C(=CCC3C2CC[C@@]2(C)C3CC[C@@H]2[C@H](C)CCCC(C)C)C1. The smallest absolute Gasteiger partial charge is 0.335 e. The van der Waals surface area contributed by atoms with Crippen LogP contribution < -0.4 is 5.48 Å². The molecule has 0 heterocycles. The molecule has 4 aliphatic rings. The van der Waals surface area contributed by atoms with Gasteiger partial charge in [0.25, 0.3) is 5.91 Å². The van der Waals surface area contributed by atoms with Gasteiger partial charge in [-0.05, 0) is 116 Å². The lowest BCUT2D eigenvalue weighted by Crippen LogP contribution is -2.51. The molecule has 3 saturated carbocycles. The van der Waals surface area contributed by atoms with Gasteiger partial charge in [-0.1, -0.05) is 79.0 Å². The van der Waals surface area contributed by atoms with Crippen molar-refractivity contribution >= 4 is 11.9 Å². The Morgan fingerprint density at radius 2 is 1.87 bits per heavy atom. The standard InChI is InChI=1S/C34H55NO3/c1-8-26(32(37)38-35-31(36)9-2)24-17-19-33(6)25(21-24)13-14-27-29-16-15-28(23(5)12-10-11-22(3)4)34(29,7)20-18-30(27)33/h9,13,22-24,26-30H,2,8,10-12,14-21H2,1,3-7H3,(H,35,36)/t23-,24?,26?,27?,28-,29?,30?,33+,34-/m1/s1. The normalized spacial score (nSPS) is 37.8. The number of hydroxylamine groups is 1. The summed E-state index contributed by atoms with van der Waals surface area (Å²) in [6.07, 6.45) is 18.7. The lowest BCUT2D eigenvalue weighted by Gasteiger charge is -2.59. The Morgan fingerprint density at radius 1 is 1.11 bits per heavy atom. The van der Waals surface area contributed by atoms with Gasteiger partial charge in [0.1, 0.15) is 0 Å². The van der Waals surface area contributed by atoms with Crippen molar-refractivity contribution in [2.45, 2.75) is 119 Å². The molecule has 4 aliphatic carbocycles. The first-order chi connectivity index (χ1) is 18.0. The maximum atomic E-state index is 12.8. The van der Waals surface area contributed by atoms with Gasteiger partial charge < -0.3 is 4.84 Å². The monoisotopic (exact) mass is 525 g/mol. The maximum Gasteiger partial charge on any atom is 0.335 e. The van der Waals surface area contributed by atoms with Gasteiger partial charge in [0, 0.05) is 0 Å². The summed E-state index contributed by atoms with van der Waals surface area (Å²) in [5.74, 6) is 4.38. The van der Waals surface area contributed by atoms with E-state index < -0.39 is 5.91 Å². The average molecular weight is 526 g/mol. The van der Waals surface area contributed by atoms with Crippen LogP contribution in [0.15, 0.2) is 24.3 Å². The van der Waals surface area contributed by atoms with Gasteiger partial charge in [0.05, 0.1) is 5.92 Å². The van der Waals surface area contributed by atoms with Crippen molar-refractivity contribution in [3.05, 3.63) is 24.3 Å². The van der Waals surface area contributed by atoms with Crippen LogP contribution in [-0.2, 0) is 14.4 Å². The van der Waals surface area contributed by atoms with Crippen LogP contribution in [0.25, 0.3) is 0 Å². The molecule has 4 rings (SSSR count). The molecule has 0 aromatic carbocycles. The summed E-state index contributed by atoms with van der Waals surface area (Å²) < 4.78 is 0. The molecule has 1 amide bonds. The molecule has 38 heavy (non-hydrogen) atoms. The fourth-order valence-electron chi connectivity index (χ4n) is 9.97. The zero-order valence-electron chi connectivity index (χ0n) is 25.2. The van der Waals surface area contributed by atoms with E-state index in [0.717, 1.165) is 60.8 Å². The lowest BCUT2D eigenvalue weighted by atomic mass is 9.46. The highest BCUT2D eigenvalue weighted by Crippen LogP contribution is 2.67. The molecule has 0 saturated heterocycles. The van der Waals surface area contributed by atoms with Crippen molar-refractivity contribution in [3.8, 4) is 0 Å². The summed E-state index contributed by atoms with van der Waals surface area (Å²) in [5, 5.41) is 0. The summed E-state index contributed by atoms with van der Waals surface area (Å²) in [4.78, 5) is 29.4. The van der Waals surface area contributed by atoms with E-state index in [4.69, 9.17) is 4.84 Å². The highest BCUT2D eigenvalue weighted by Gasteiger charge is 2.59. The molecule has 214 valence electrons. The second-order valence-corrected chi connectivity index (χ2v) is 14.4. The van der Waals surface area contributed by atoms with E-state index in [2.05, 4.69) is 59.7 Å². The number of hydrogen-bond donors (Lipinski definition) is 1. The molecule has 0 spiro atoms. The zero-order valence-corrected chi connectivity index (χ0v) is 25.2. The zero-order chi connectivity index (χ0) is 27.7. The van der Waals surface area contributed by atoms with E-state index in [-0.39, 0.29) is 17.3 Å². The minimum absolute atomic E-state index is 0.175. The number of carbonyl (C=O) groups is 2. The first-order valence-electron chi connectivity index (χ1n) is 15.9. The molecule has 5 unspecified atom stereocenters. The van der Waals surface area contributed by atoms with Crippen molar-refractivity contribution in [3.63, 3.8) is 0 Å². The van der Waals surface area contributed by atoms with Gasteiger partial charge in [0.2, 0.25) is 0 Å². The molecular weight excluding hydrogens is 470 g/mol. The largest absolute Gasteiger partial charge is 0.340 e. The molecule has 9 atom stereocenters. The van der Waals surface area contributed by atoms with Gasteiger partial charge in [0.15, 0.2) is 0 Å². The minimum Gasteiger partial charge on any atom is -0.340 e. The number of fused-ring (bicyclic) bond motifs is 5. The van der Waals surface area contributed by atoms with Gasteiger partial charge in [-0.2, -0.15) is 5.48 Å². The predicted molar refractivity (Wildman–Crippen MR) is 155 cm³/mol. The van der Waals surface area contributed by atoms with Crippen molar-refractivity contribution in [2.24, 2.45) is 58.2 Å². The summed E-state index contributed by atoms with van der Waals surface area (Å²) in [6, 6.07) is 0. The van der Waals surface area contributed by atoms with Crippen LogP contribution in [0.1, 0.15) is 119 Å². The Morgan fingerprint density at radius 3 is 2.55 bits per heavy atom. The van der Waals surface area contributed by atoms with Gasteiger partial charge >= 0.3 is 5.97 Å². The Kier molecular flexibility index (Phi) is 9.20. The Balaban J connectivity index is 1.43. The highest BCUT2D eigenvalue weighted by atomic mass is 16.7. The van der Waals surface area contributed by atoms with E-state index in [0.29, 0.717) is 11.3 Å². The van der Waals surface area contributed by atoms with Gasteiger partial charge in [-0.25, -0.2) is 4.79 Å². The molecular formula is C34H55NO3. The second-order valence-electron chi connectivity index (χ2n) is 14.4. The Labute approximate surface area is 232 Å². The van der Waals surface area contributed by atoms with E-state index in [9.17, 15) is 9.59 Å². The lowest BCUT2D eigenvalue weighted by molar-refractivity contribution is -0.163. The second kappa shape index (κ2) is 11.9. The van der Waals surface area contributed by atoms with Crippen LogP contribution in [0.3, 0.4) is 0 Å². The first kappa shape index (κ1) is 29.4. The fraction of sp³-hybridized carbons (Fsp3) is 0.824. The first-order valence-corrected chi connectivity index (χ1v) is 15.9. The van der Waals surface area contributed by atoms with Crippen LogP contribution in [0.4, 0.5) is 0 Å². The number of nitrogens with one attached hydrogen (secondary N) is 1. The summed E-state index contributed by atoms with van der Waals surface area (Å²) in [6.45, 7) is 18.0. The van der Waals surface area contributed by atoms with E-state index in [1.807, 2.05) is 0 Å². The van der Waals surface area contributed by atoms with Crippen molar-refractivity contribution < 1.29 is 14.4 Å². The summed E-state index contributed by atoms with van der Waals surface area (Å²) >= 11 is 0. The van der Waals surface area contributed by atoms with Gasteiger partial charge in [-0.3, -0.25) is 4.79 Å². The Bertz CT molecular complexity index is 907. The van der Waals surface area contributed by atoms with Gasteiger partial charge in [-0.15, -0.1) is 0 Å². The molecule has 0 radical (unpaired) electrons. The third kappa shape index (κ3) is 5.52. The van der Waals surface area contributed by atoms with Crippen molar-refractivity contribution in [2.75, 3.05) is 0 Å². The number of hydrogen-bond acceptors (Lipinski definition) is 3. The van der Waals surface area contributed by atoms with E-state index in [1.165, 1.54) is 57.8 Å². The average Bonchev–Trinajstić information content (AvgIpc) is 3.24. The van der Waals surface area contributed by atoms with Crippen LogP contribution in [0, 0.1) is 58.2 Å². The van der Waals surface area contributed by atoms with Crippen molar-refractivity contribution in [1.82, 2.24) is 5.48 Å². The van der Waals surface area contributed by atoms with Crippen molar-refractivity contribution in [1.29, 1.82) is 0 Å². The van der Waals surface area contributed by atoms with Crippen LogP contribution >= 0.6 is 0 Å². The predicted octanol–water partition coefficient (Wildman–Crippen LogP) is 8.43. The number of carbonyl (C=O) groups excluding carboxylic acids is 2. The van der Waals surface area contributed by atoms with Crippen LogP contribution in [0.2, 0.25) is 0 Å². The molecule has 1 N–H and O–H groups in total. The molecule has 4 heteroatoms. The minimum atomic E-state index is -0.478. The number of allylic oxidation sites excluding steroid dienone is 2. The third-order valence-corrected chi connectivity index (χ3v) is 12.1. The van der Waals surface area contributed by atoms with Crippen LogP contribution in [0.5, 0.6) is 0 Å². The number of amides is 1. The molecule has 4 nitrogen and oxygen atoms in total. The molecule has 3 fully saturated rings. The fourth-order valence-corrected chi connectivity index (χ4v) is 9.97.